The Hall–Kier alpha value is 4.04. The van der Waals surface area contributed by atoms with E-state index >= 15 is 0 Å². The number of phenolic OH excluding ortho intramolecular Hbond substituents is 1. The summed E-state index contributed by atoms with van der Waals surface area (Å²) >= 11 is 0. The Balaban J connectivity index is -0.000000474. The summed E-state index contributed by atoms with van der Waals surface area (Å²) in [6, 6.07) is 6.11. The molecule has 0 radical (unpaired) electrons. The van der Waals surface area contributed by atoms with Crippen molar-refractivity contribution in [2.24, 2.45) is 0 Å². The van der Waals surface area contributed by atoms with Crippen molar-refractivity contribution in [1.29, 1.82) is 0 Å². The van der Waals surface area contributed by atoms with E-state index in [1.807, 2.05) is 12.1 Å². The van der Waals surface area contributed by atoms with E-state index < -0.39 is 7.82 Å². The molecule has 1 aromatic rings. The van der Waals surface area contributed by atoms with Gasteiger partial charge in [-0.2, -0.15) is 7.82 Å². The van der Waals surface area contributed by atoms with Gasteiger partial charge in [0.15, 0.2) is 0 Å². The number of rotatable bonds is 16. The first-order chi connectivity index (χ1) is 14.3. The maximum atomic E-state index is 10.3. The van der Waals surface area contributed by atoms with E-state index in [2.05, 4.69) is 19.9 Å². The molecule has 0 fully saturated rings. The molecule has 0 aliphatic rings. The first-order valence-corrected chi connectivity index (χ1v) is 13.3. The molecule has 0 unspecified atom stereocenters. The molecule has 5 nitrogen and oxygen atoms in total. The molecule has 0 saturated carbocycles. The fraction of sp³-hybridized carbons (Fsp3) is 0.750. The van der Waals surface area contributed by atoms with Gasteiger partial charge in [-0.15, -0.1) is 0 Å². The minimum atomic E-state index is -5.39. The molecule has 176 valence electrons. The molecule has 0 bridgehead atoms. The second-order valence-electron chi connectivity index (χ2n) is 8.10. The molecule has 0 heterocycles. The number of hydrogen-bond acceptors (Lipinski definition) is 5. The predicted octanol–water partition coefficient (Wildman–Crippen LogP) is -3.83. The van der Waals surface area contributed by atoms with E-state index in [0.717, 1.165) is 12.8 Å². The quantitative estimate of drug-likeness (QED) is 0.127. The summed E-state index contributed by atoms with van der Waals surface area (Å²) < 4.78 is 8.55. The number of hydrogen-bond donors (Lipinski definition) is 1. The van der Waals surface area contributed by atoms with Gasteiger partial charge in [-0.05, 0) is 42.9 Å². The third-order valence-electron chi connectivity index (χ3n) is 5.33. The van der Waals surface area contributed by atoms with E-state index in [0.29, 0.717) is 5.75 Å². The molecule has 0 aliphatic heterocycles. The van der Waals surface area contributed by atoms with Gasteiger partial charge in [-0.25, -0.2) is 0 Å². The van der Waals surface area contributed by atoms with Gasteiger partial charge in [0.05, 0.1) is 0 Å². The van der Waals surface area contributed by atoms with Crippen molar-refractivity contribution in [3.63, 3.8) is 0 Å². The number of unbranched alkanes of at least 4 members (excludes halogenated alkanes) is 12. The summed E-state index contributed by atoms with van der Waals surface area (Å²) in [4.78, 5) is 25.6. The molecule has 0 aliphatic carbocycles. The Bertz CT molecular complexity index is 577. The SMILES string of the molecule is CCCCCCCCCc1cccc(O)c1CCCCCCCCC.O=P([O-])([O-])[O-].[K+].[K+].[K+]. The molecule has 33 heavy (non-hydrogen) atoms. The van der Waals surface area contributed by atoms with Crippen LogP contribution in [0.4, 0.5) is 0 Å². The van der Waals surface area contributed by atoms with Crippen LogP contribution >= 0.6 is 7.82 Å². The van der Waals surface area contributed by atoms with E-state index in [9.17, 15) is 5.11 Å². The summed E-state index contributed by atoms with van der Waals surface area (Å²) in [5.41, 5.74) is 2.61. The van der Waals surface area contributed by atoms with Crippen molar-refractivity contribution in [2.45, 2.75) is 117 Å². The number of aromatic hydroxyl groups is 1. The normalized spacial score (nSPS) is 10.2. The van der Waals surface area contributed by atoms with Crippen molar-refractivity contribution < 1.29 is 179 Å². The van der Waals surface area contributed by atoms with Crippen LogP contribution in [0.25, 0.3) is 0 Å². The van der Waals surface area contributed by atoms with Crippen LogP contribution in [0.1, 0.15) is 115 Å². The van der Waals surface area contributed by atoms with Crippen molar-refractivity contribution in [3.8, 4) is 5.75 Å². The van der Waals surface area contributed by atoms with E-state index in [1.165, 1.54) is 101 Å². The second-order valence-corrected chi connectivity index (χ2v) is 9.00. The summed E-state index contributed by atoms with van der Waals surface area (Å²) in [6.45, 7) is 4.54. The zero-order valence-corrected chi connectivity index (χ0v) is 32.3. The number of phenols is 1. The Labute approximate surface area is 331 Å². The summed E-state index contributed by atoms with van der Waals surface area (Å²) in [5.74, 6) is 0.520. The average Bonchev–Trinajstić information content (AvgIpc) is 2.67. The fourth-order valence-electron chi connectivity index (χ4n) is 3.68. The first kappa shape index (κ1) is 44.1. The van der Waals surface area contributed by atoms with Crippen LogP contribution in [0, 0.1) is 0 Å². The molecule has 9 heteroatoms. The molecule has 0 saturated heterocycles. The summed E-state index contributed by atoms with van der Waals surface area (Å²) in [5, 5.41) is 10.3. The predicted molar refractivity (Wildman–Crippen MR) is 119 cm³/mol. The van der Waals surface area contributed by atoms with Gasteiger partial charge in [0.2, 0.25) is 0 Å². The Morgan fingerprint density at radius 2 is 1.03 bits per heavy atom. The molecular formula is C24H42K3O5P. The van der Waals surface area contributed by atoms with Crippen LogP contribution in [0.2, 0.25) is 0 Å². The van der Waals surface area contributed by atoms with E-state index in [4.69, 9.17) is 19.2 Å². The fourth-order valence-corrected chi connectivity index (χ4v) is 3.68. The minimum absolute atomic E-state index is 0. The molecule has 0 amide bonds. The van der Waals surface area contributed by atoms with Crippen LogP contribution in [0.5, 0.6) is 5.75 Å². The molecular weight excluding hydrogens is 517 g/mol. The Morgan fingerprint density at radius 3 is 1.45 bits per heavy atom. The van der Waals surface area contributed by atoms with Gasteiger partial charge in [0, 0.05) is 0 Å². The number of aryl methyl sites for hydroxylation is 1. The Morgan fingerprint density at radius 1 is 0.667 bits per heavy atom. The van der Waals surface area contributed by atoms with Crippen molar-refractivity contribution in [1.82, 2.24) is 0 Å². The summed E-state index contributed by atoms with van der Waals surface area (Å²) in [6.07, 6.45) is 21.0. The van der Waals surface area contributed by atoms with Gasteiger partial charge < -0.3 is 24.4 Å². The van der Waals surface area contributed by atoms with Gasteiger partial charge in [0.1, 0.15) is 5.75 Å². The molecule has 0 spiro atoms. The second kappa shape index (κ2) is 30.6. The van der Waals surface area contributed by atoms with Crippen molar-refractivity contribution >= 4 is 7.82 Å². The smallest absolute Gasteiger partial charge is 0.822 e. The zero-order chi connectivity index (χ0) is 22.7. The van der Waals surface area contributed by atoms with Crippen LogP contribution < -0.4 is 169 Å². The van der Waals surface area contributed by atoms with Crippen molar-refractivity contribution in [3.05, 3.63) is 29.3 Å². The topological polar surface area (TPSA) is 106 Å². The van der Waals surface area contributed by atoms with Crippen LogP contribution in [-0.2, 0) is 17.4 Å². The molecule has 1 N–H and O–H groups in total. The maximum absolute atomic E-state index is 10.3. The van der Waals surface area contributed by atoms with E-state index in [1.54, 1.807) is 0 Å². The molecule has 1 rings (SSSR count). The summed E-state index contributed by atoms with van der Waals surface area (Å²) in [7, 11) is -5.39. The van der Waals surface area contributed by atoms with Crippen LogP contribution in [0.15, 0.2) is 18.2 Å². The molecule has 1 aromatic carbocycles. The third-order valence-corrected chi connectivity index (χ3v) is 5.33. The third kappa shape index (κ3) is 32.2. The van der Waals surface area contributed by atoms with Crippen molar-refractivity contribution in [2.75, 3.05) is 0 Å². The molecule has 0 aromatic heterocycles. The average molecular weight is 559 g/mol. The zero-order valence-electron chi connectivity index (χ0n) is 22.1. The van der Waals surface area contributed by atoms with Gasteiger partial charge >= 0.3 is 154 Å². The van der Waals surface area contributed by atoms with E-state index in [-0.39, 0.29) is 154 Å². The van der Waals surface area contributed by atoms with Gasteiger partial charge in [-0.3, -0.25) is 0 Å². The van der Waals surface area contributed by atoms with Gasteiger partial charge in [0.25, 0.3) is 0 Å². The van der Waals surface area contributed by atoms with Gasteiger partial charge in [-0.1, -0.05) is 103 Å². The van der Waals surface area contributed by atoms with Crippen LogP contribution in [-0.4, -0.2) is 5.11 Å². The van der Waals surface area contributed by atoms with Crippen LogP contribution in [0.3, 0.4) is 0 Å². The number of benzene rings is 1. The minimum Gasteiger partial charge on any atom is -0.822 e. The molecule has 0 atom stereocenters. The number of phosphoric acid groups is 1. The maximum Gasteiger partial charge on any atom is 1.00 e. The Kier molecular flexibility index (Phi) is 40.8. The first-order valence-electron chi connectivity index (χ1n) is 11.8. The standard InChI is InChI=1S/C24H42O.3K.H3O4P/c1-3-5-7-9-11-13-15-18-22-19-17-21-24(25)23(22)20-16-14-12-10-8-6-4-2;;;;1-5(2,3)4/h17,19,21,25H,3-16,18,20H2,1-2H3;;;;(H3,1,2,3,4)/q;3*+1;/p-3. The monoisotopic (exact) mass is 558 g/mol. The largest absolute Gasteiger partial charge is 1.00 e.